The molecule has 0 aliphatic carbocycles. The Bertz CT molecular complexity index is 551. The Morgan fingerprint density at radius 1 is 1.10 bits per heavy atom. The summed E-state index contributed by atoms with van der Waals surface area (Å²) in [6, 6.07) is 13.7. The molecule has 0 amide bonds. The first-order chi connectivity index (χ1) is 10.3. The molecule has 2 heterocycles. The third kappa shape index (κ3) is 4.19. The summed E-state index contributed by atoms with van der Waals surface area (Å²) in [5.41, 5.74) is 1.13. The number of likely N-dealkylation sites (tertiary alicyclic amines) is 1. The van der Waals surface area contributed by atoms with E-state index in [-0.39, 0.29) is 0 Å². The first-order valence-electron chi connectivity index (χ1n) is 7.34. The Balaban J connectivity index is 1.47. The van der Waals surface area contributed by atoms with Crippen molar-refractivity contribution in [3.63, 3.8) is 0 Å². The van der Waals surface area contributed by atoms with Crippen LogP contribution in [-0.4, -0.2) is 29.1 Å². The highest BCUT2D eigenvalue weighted by molar-refractivity contribution is 6.30. The fourth-order valence-electron chi connectivity index (χ4n) is 2.61. The Morgan fingerprint density at radius 3 is 2.52 bits per heavy atom. The summed E-state index contributed by atoms with van der Waals surface area (Å²) in [6.45, 7) is 3.03. The molecule has 0 saturated carbocycles. The Kier molecular flexibility index (Phi) is 4.73. The quantitative estimate of drug-likeness (QED) is 0.859. The molecule has 21 heavy (non-hydrogen) atoms. The van der Waals surface area contributed by atoms with Crippen LogP contribution in [0.25, 0.3) is 0 Å². The van der Waals surface area contributed by atoms with Gasteiger partial charge in [-0.3, -0.25) is 9.88 Å². The van der Waals surface area contributed by atoms with Gasteiger partial charge in [0.1, 0.15) is 11.9 Å². The molecule has 1 aromatic carbocycles. The van der Waals surface area contributed by atoms with Gasteiger partial charge in [0, 0.05) is 30.9 Å². The summed E-state index contributed by atoms with van der Waals surface area (Å²) in [7, 11) is 0. The molecular weight excluding hydrogens is 284 g/mol. The van der Waals surface area contributed by atoms with E-state index in [1.807, 2.05) is 42.6 Å². The molecule has 1 aliphatic rings. The van der Waals surface area contributed by atoms with E-state index in [0.29, 0.717) is 6.10 Å². The molecule has 1 aromatic heterocycles. The van der Waals surface area contributed by atoms with Crippen LogP contribution < -0.4 is 4.74 Å². The average molecular weight is 303 g/mol. The van der Waals surface area contributed by atoms with E-state index in [1.54, 1.807) is 0 Å². The minimum absolute atomic E-state index is 0.297. The summed E-state index contributed by atoms with van der Waals surface area (Å²) in [4.78, 5) is 6.82. The number of piperidine rings is 1. The largest absolute Gasteiger partial charge is 0.490 e. The van der Waals surface area contributed by atoms with Crippen molar-refractivity contribution in [2.45, 2.75) is 25.5 Å². The number of hydrogen-bond donors (Lipinski definition) is 0. The molecule has 3 rings (SSSR count). The lowest BCUT2D eigenvalue weighted by Crippen LogP contribution is -2.37. The summed E-state index contributed by atoms with van der Waals surface area (Å²) in [5, 5.41) is 0.743. The zero-order valence-corrected chi connectivity index (χ0v) is 12.7. The monoisotopic (exact) mass is 302 g/mol. The second-order valence-corrected chi connectivity index (χ2v) is 5.80. The molecule has 4 heteroatoms. The van der Waals surface area contributed by atoms with Crippen LogP contribution in [0.4, 0.5) is 0 Å². The summed E-state index contributed by atoms with van der Waals surface area (Å²) >= 11 is 5.88. The van der Waals surface area contributed by atoms with Gasteiger partial charge in [-0.25, -0.2) is 0 Å². The number of halogens is 1. The van der Waals surface area contributed by atoms with E-state index in [9.17, 15) is 0 Å². The van der Waals surface area contributed by atoms with Gasteiger partial charge >= 0.3 is 0 Å². The van der Waals surface area contributed by atoms with Crippen LogP contribution in [0.3, 0.4) is 0 Å². The van der Waals surface area contributed by atoms with Crippen molar-refractivity contribution in [2.75, 3.05) is 13.1 Å². The minimum atomic E-state index is 0.297. The topological polar surface area (TPSA) is 25.4 Å². The first kappa shape index (κ1) is 14.4. The van der Waals surface area contributed by atoms with Crippen molar-refractivity contribution < 1.29 is 4.74 Å². The lowest BCUT2D eigenvalue weighted by atomic mass is 10.1. The van der Waals surface area contributed by atoms with Crippen molar-refractivity contribution in [1.29, 1.82) is 0 Å². The Labute approximate surface area is 130 Å². The maximum Gasteiger partial charge on any atom is 0.119 e. The summed E-state index contributed by atoms with van der Waals surface area (Å²) in [5.74, 6) is 0.905. The van der Waals surface area contributed by atoms with Crippen molar-refractivity contribution in [3.05, 3.63) is 59.4 Å². The molecule has 0 radical (unpaired) electrons. The number of benzene rings is 1. The molecule has 0 N–H and O–H groups in total. The van der Waals surface area contributed by atoms with Gasteiger partial charge in [0.2, 0.25) is 0 Å². The van der Waals surface area contributed by atoms with Crippen LogP contribution in [0, 0.1) is 0 Å². The lowest BCUT2D eigenvalue weighted by Gasteiger charge is -2.31. The van der Waals surface area contributed by atoms with Crippen LogP contribution in [0.5, 0.6) is 5.75 Å². The standard InChI is InChI=1S/C17H19ClN2O/c18-14-4-6-16(7-5-14)21-17-8-11-20(12-9-17)13-15-3-1-2-10-19-15/h1-7,10,17H,8-9,11-13H2. The highest BCUT2D eigenvalue weighted by Crippen LogP contribution is 2.21. The highest BCUT2D eigenvalue weighted by Gasteiger charge is 2.20. The fourth-order valence-corrected chi connectivity index (χ4v) is 2.74. The SMILES string of the molecule is Clc1ccc(OC2CCN(Cc3ccccn3)CC2)cc1. The smallest absolute Gasteiger partial charge is 0.119 e. The minimum Gasteiger partial charge on any atom is -0.490 e. The molecule has 0 unspecified atom stereocenters. The van der Waals surface area contributed by atoms with Crippen LogP contribution in [0.15, 0.2) is 48.7 Å². The van der Waals surface area contributed by atoms with Gasteiger partial charge < -0.3 is 4.74 Å². The number of nitrogens with zero attached hydrogens (tertiary/aromatic N) is 2. The zero-order valence-electron chi connectivity index (χ0n) is 11.9. The predicted octanol–water partition coefficient (Wildman–Crippen LogP) is 3.78. The van der Waals surface area contributed by atoms with E-state index < -0.39 is 0 Å². The van der Waals surface area contributed by atoms with E-state index >= 15 is 0 Å². The molecular formula is C17H19ClN2O. The van der Waals surface area contributed by atoms with Gasteiger partial charge in [-0.15, -0.1) is 0 Å². The lowest BCUT2D eigenvalue weighted by molar-refractivity contribution is 0.0961. The summed E-state index contributed by atoms with van der Waals surface area (Å²) < 4.78 is 6.01. The van der Waals surface area contributed by atoms with Crippen molar-refractivity contribution >= 4 is 11.6 Å². The second-order valence-electron chi connectivity index (χ2n) is 5.37. The van der Waals surface area contributed by atoms with E-state index in [4.69, 9.17) is 16.3 Å². The number of hydrogen-bond acceptors (Lipinski definition) is 3. The second kappa shape index (κ2) is 6.92. The molecule has 110 valence electrons. The Hall–Kier alpha value is -1.58. The number of rotatable bonds is 4. The van der Waals surface area contributed by atoms with Crippen molar-refractivity contribution in [3.8, 4) is 5.75 Å². The third-order valence-electron chi connectivity index (χ3n) is 3.76. The number of aromatic nitrogens is 1. The van der Waals surface area contributed by atoms with Gasteiger partial charge in [-0.05, 0) is 49.2 Å². The highest BCUT2D eigenvalue weighted by atomic mass is 35.5. The van der Waals surface area contributed by atoms with Crippen molar-refractivity contribution in [2.24, 2.45) is 0 Å². The van der Waals surface area contributed by atoms with E-state index in [2.05, 4.69) is 16.0 Å². The molecule has 3 nitrogen and oxygen atoms in total. The third-order valence-corrected chi connectivity index (χ3v) is 4.01. The maximum atomic E-state index is 6.01. The maximum absolute atomic E-state index is 6.01. The molecule has 0 spiro atoms. The van der Waals surface area contributed by atoms with Gasteiger partial charge in [-0.2, -0.15) is 0 Å². The molecule has 1 saturated heterocycles. The molecule has 0 bridgehead atoms. The number of pyridine rings is 1. The summed E-state index contributed by atoms with van der Waals surface area (Å²) in [6.07, 6.45) is 4.25. The molecule has 1 aliphatic heterocycles. The van der Waals surface area contributed by atoms with Crippen molar-refractivity contribution in [1.82, 2.24) is 9.88 Å². The molecule has 2 aromatic rings. The molecule has 1 fully saturated rings. The van der Waals surface area contributed by atoms with E-state index in [0.717, 1.165) is 48.9 Å². The Morgan fingerprint density at radius 2 is 1.86 bits per heavy atom. The average Bonchev–Trinajstić information content (AvgIpc) is 2.53. The van der Waals surface area contributed by atoms with Crippen LogP contribution >= 0.6 is 11.6 Å². The van der Waals surface area contributed by atoms with Gasteiger partial charge in [0.15, 0.2) is 0 Å². The van der Waals surface area contributed by atoms with Crippen LogP contribution in [0.1, 0.15) is 18.5 Å². The van der Waals surface area contributed by atoms with Gasteiger partial charge in [0.05, 0.1) is 5.69 Å². The predicted molar refractivity (Wildman–Crippen MR) is 84.6 cm³/mol. The normalized spacial score (nSPS) is 16.8. The van der Waals surface area contributed by atoms with Crippen LogP contribution in [-0.2, 0) is 6.54 Å². The van der Waals surface area contributed by atoms with Gasteiger partial charge in [0.25, 0.3) is 0 Å². The zero-order chi connectivity index (χ0) is 14.5. The number of ether oxygens (including phenoxy) is 1. The van der Waals surface area contributed by atoms with E-state index in [1.165, 1.54) is 0 Å². The van der Waals surface area contributed by atoms with Gasteiger partial charge in [-0.1, -0.05) is 17.7 Å². The van der Waals surface area contributed by atoms with Crippen LogP contribution in [0.2, 0.25) is 5.02 Å². The first-order valence-corrected chi connectivity index (χ1v) is 7.72. The fraction of sp³-hybridized carbons (Fsp3) is 0.353. The molecule has 0 atom stereocenters.